The van der Waals surface area contributed by atoms with Crippen LogP contribution in [0.2, 0.25) is 0 Å². The fourth-order valence-corrected chi connectivity index (χ4v) is 7.51. The molecule has 0 radical (unpaired) electrons. The van der Waals surface area contributed by atoms with Crippen molar-refractivity contribution in [3.8, 4) is 5.75 Å². The molecule has 1 spiro atoms. The van der Waals surface area contributed by atoms with Crippen molar-refractivity contribution in [2.24, 2.45) is 23.7 Å². The summed E-state index contributed by atoms with van der Waals surface area (Å²) in [7, 11) is 3.69. The van der Waals surface area contributed by atoms with E-state index in [2.05, 4.69) is 43.4 Å². The van der Waals surface area contributed by atoms with Gasteiger partial charge in [0, 0.05) is 18.3 Å². The number of methoxy groups -OCH3 is 1. The first-order chi connectivity index (χ1) is 20.2. The maximum Gasteiger partial charge on any atom is 0.246 e. The number of carbonyl (C=O) groups excluding carboxylic acids is 3. The van der Waals surface area contributed by atoms with Crippen molar-refractivity contribution in [2.75, 3.05) is 39.1 Å². The zero-order valence-corrected chi connectivity index (χ0v) is 27.0. The number of hydrogen-bond donors (Lipinski definition) is 2. The molecule has 2 N–H and O–H groups in total. The summed E-state index contributed by atoms with van der Waals surface area (Å²) < 4.78 is 11.7. The van der Waals surface area contributed by atoms with Gasteiger partial charge in [-0.25, -0.2) is 0 Å². The summed E-state index contributed by atoms with van der Waals surface area (Å²) in [6.45, 7) is 8.89. The van der Waals surface area contributed by atoms with Gasteiger partial charge in [0.15, 0.2) is 0 Å². The van der Waals surface area contributed by atoms with Crippen LogP contribution in [-0.2, 0) is 19.1 Å². The molecule has 0 aromatic heterocycles. The fraction of sp³-hybridized carbons (Fsp3) is 0.667. The lowest BCUT2D eigenvalue weighted by atomic mass is 9.73. The summed E-state index contributed by atoms with van der Waals surface area (Å²) in [5.74, 6) is -0.503. The minimum Gasteiger partial charge on any atom is -0.497 e. The number of unbranched alkanes of at least 4 members (excludes halogenated alkanes) is 1. The summed E-state index contributed by atoms with van der Waals surface area (Å²) in [6.07, 6.45) is 9.38. The molecule has 8 atom stereocenters. The van der Waals surface area contributed by atoms with Crippen molar-refractivity contribution >= 4 is 35.8 Å². The van der Waals surface area contributed by atoms with Crippen LogP contribution in [0.5, 0.6) is 5.75 Å². The van der Waals surface area contributed by atoms with Crippen LogP contribution in [0.3, 0.4) is 0 Å². The van der Waals surface area contributed by atoms with Gasteiger partial charge in [0.1, 0.15) is 17.4 Å². The lowest BCUT2D eigenvalue weighted by Gasteiger charge is -2.38. The second kappa shape index (κ2) is 14.0. The van der Waals surface area contributed by atoms with Crippen molar-refractivity contribution in [3.63, 3.8) is 0 Å². The number of hydrogen-bond acceptors (Lipinski definition) is 6. The van der Waals surface area contributed by atoms with Crippen LogP contribution in [0, 0.1) is 23.7 Å². The molecule has 9 nitrogen and oxygen atoms in total. The number of amides is 3. The van der Waals surface area contributed by atoms with Gasteiger partial charge in [0.25, 0.3) is 0 Å². The van der Waals surface area contributed by atoms with Crippen molar-refractivity contribution in [1.29, 1.82) is 0 Å². The lowest BCUT2D eigenvalue weighted by molar-refractivity contribution is -0.141. The van der Waals surface area contributed by atoms with Gasteiger partial charge < -0.3 is 29.9 Å². The molecule has 4 aliphatic rings. The molecule has 43 heavy (non-hydrogen) atoms. The van der Waals surface area contributed by atoms with Gasteiger partial charge in [-0.15, -0.1) is 12.4 Å². The van der Waals surface area contributed by atoms with E-state index in [1.54, 1.807) is 36.3 Å². The SMILES string of the molecule is CCCCN(C)CCCN1C(=O)[C@H]2C(C(=O)Nc3ccc(OC)cc3)[C@H]3C=CC2(O3)C1C(=O)NC1CCCC(C)C1C.Cl. The molecule has 1 aromatic carbocycles. The second-order valence-electron chi connectivity index (χ2n) is 12.8. The molecule has 1 saturated carbocycles. The van der Waals surface area contributed by atoms with Crippen LogP contribution >= 0.6 is 12.4 Å². The zero-order chi connectivity index (χ0) is 30.0. The number of likely N-dealkylation sites (tertiary alicyclic amines) is 1. The molecule has 3 heterocycles. The van der Waals surface area contributed by atoms with Crippen LogP contribution in [0.4, 0.5) is 5.69 Å². The maximum absolute atomic E-state index is 14.2. The highest BCUT2D eigenvalue weighted by Crippen LogP contribution is 2.55. The standard InChI is InChI=1S/C33H48N4O5.ClH/c1-6-7-18-36(4)19-9-20-37-29(31(39)35-25-11-8-10-21(2)22(25)3)33-17-16-26(42-33)27(28(33)32(37)40)30(38)34-23-12-14-24(41-5)15-13-23;/h12-17,21-22,25-29H,6-11,18-20H2,1-5H3,(H,34,38)(H,35,39);1H/t21?,22?,25?,26-,27?,28-,29?,33?;/m1./s1. The largest absolute Gasteiger partial charge is 0.497 e. The first-order valence-electron chi connectivity index (χ1n) is 15.8. The number of nitrogens with zero attached hydrogens (tertiary/aromatic N) is 2. The average Bonchev–Trinajstić information content (AvgIpc) is 3.62. The molecule has 3 amide bonds. The van der Waals surface area contributed by atoms with Crippen molar-refractivity contribution < 1.29 is 23.9 Å². The molecule has 10 heteroatoms. The number of benzene rings is 1. The summed E-state index contributed by atoms with van der Waals surface area (Å²) in [5, 5.41) is 6.31. The van der Waals surface area contributed by atoms with Gasteiger partial charge >= 0.3 is 0 Å². The molecular formula is C33H49ClN4O5. The van der Waals surface area contributed by atoms with E-state index >= 15 is 0 Å². The number of rotatable bonds is 12. The molecule has 3 aliphatic heterocycles. The highest BCUT2D eigenvalue weighted by atomic mass is 35.5. The van der Waals surface area contributed by atoms with Crippen molar-refractivity contribution in [2.45, 2.75) is 83.1 Å². The Morgan fingerprint density at radius 2 is 1.84 bits per heavy atom. The van der Waals surface area contributed by atoms with Crippen LogP contribution in [0.1, 0.15) is 59.3 Å². The Labute approximate surface area is 262 Å². The zero-order valence-electron chi connectivity index (χ0n) is 26.2. The molecule has 2 saturated heterocycles. The van der Waals surface area contributed by atoms with Gasteiger partial charge in [-0.1, -0.05) is 52.2 Å². The van der Waals surface area contributed by atoms with Gasteiger partial charge in [0.2, 0.25) is 17.7 Å². The first-order valence-corrected chi connectivity index (χ1v) is 15.8. The van der Waals surface area contributed by atoms with E-state index in [1.165, 1.54) is 0 Å². The van der Waals surface area contributed by atoms with Crippen molar-refractivity contribution in [3.05, 3.63) is 36.4 Å². The molecule has 5 rings (SSSR count). The van der Waals surface area contributed by atoms with Gasteiger partial charge in [0.05, 0.1) is 25.0 Å². The maximum atomic E-state index is 14.2. The third-order valence-electron chi connectivity index (χ3n) is 10.1. The Kier molecular flexibility index (Phi) is 10.8. The van der Waals surface area contributed by atoms with E-state index in [9.17, 15) is 14.4 Å². The van der Waals surface area contributed by atoms with Crippen LogP contribution in [0.15, 0.2) is 36.4 Å². The minimum atomic E-state index is -1.15. The summed E-state index contributed by atoms with van der Waals surface area (Å²) in [5.41, 5.74) is -0.528. The van der Waals surface area contributed by atoms with Gasteiger partial charge in [-0.3, -0.25) is 14.4 Å². The van der Waals surface area contributed by atoms with E-state index in [1.807, 2.05) is 12.2 Å². The monoisotopic (exact) mass is 616 g/mol. The van der Waals surface area contributed by atoms with Crippen LogP contribution in [-0.4, -0.2) is 85.1 Å². The first kappa shape index (κ1) is 33.3. The van der Waals surface area contributed by atoms with E-state index in [0.29, 0.717) is 29.8 Å². The number of halogens is 1. The molecule has 2 bridgehead atoms. The van der Waals surface area contributed by atoms with E-state index < -0.39 is 29.6 Å². The number of nitrogens with one attached hydrogen (secondary N) is 2. The predicted molar refractivity (Wildman–Crippen MR) is 169 cm³/mol. The van der Waals surface area contributed by atoms with Gasteiger partial charge in [-0.2, -0.15) is 0 Å². The van der Waals surface area contributed by atoms with E-state index in [-0.39, 0.29) is 36.2 Å². The number of anilines is 1. The minimum absolute atomic E-state index is 0. The lowest BCUT2D eigenvalue weighted by Crippen LogP contribution is -2.58. The Balaban J connectivity index is 0.00000423. The Bertz CT molecular complexity index is 1180. The molecule has 1 aromatic rings. The smallest absolute Gasteiger partial charge is 0.246 e. The number of ether oxygens (including phenoxy) is 2. The normalized spacial score (nSPS) is 32.5. The Hall–Kier alpha value is -2.62. The number of carbonyl (C=O) groups is 3. The van der Waals surface area contributed by atoms with Crippen LogP contribution in [0.25, 0.3) is 0 Å². The Morgan fingerprint density at radius 1 is 1.12 bits per heavy atom. The van der Waals surface area contributed by atoms with Gasteiger partial charge in [-0.05, 0) is 75.5 Å². The number of fused-ring (bicyclic) bond motifs is 1. The fourth-order valence-electron chi connectivity index (χ4n) is 7.51. The quantitative estimate of drug-likeness (QED) is 0.340. The Morgan fingerprint density at radius 3 is 2.53 bits per heavy atom. The molecule has 1 aliphatic carbocycles. The highest BCUT2D eigenvalue weighted by molar-refractivity contribution is 6.02. The second-order valence-corrected chi connectivity index (χ2v) is 12.8. The predicted octanol–water partition coefficient (Wildman–Crippen LogP) is 4.27. The molecule has 3 fully saturated rings. The average molecular weight is 617 g/mol. The molecule has 238 valence electrons. The summed E-state index contributed by atoms with van der Waals surface area (Å²) in [4.78, 5) is 46.1. The van der Waals surface area contributed by atoms with Crippen LogP contribution < -0.4 is 15.4 Å². The molecule has 6 unspecified atom stereocenters. The summed E-state index contributed by atoms with van der Waals surface area (Å²) in [6, 6.07) is 6.36. The molecular weight excluding hydrogens is 568 g/mol. The topological polar surface area (TPSA) is 100 Å². The third kappa shape index (κ3) is 6.45. The van der Waals surface area contributed by atoms with E-state index in [4.69, 9.17) is 9.47 Å². The summed E-state index contributed by atoms with van der Waals surface area (Å²) >= 11 is 0. The third-order valence-corrected chi connectivity index (χ3v) is 10.1. The van der Waals surface area contributed by atoms with Crippen molar-refractivity contribution in [1.82, 2.24) is 15.1 Å². The highest BCUT2D eigenvalue weighted by Gasteiger charge is 2.72. The van der Waals surface area contributed by atoms with E-state index in [0.717, 1.165) is 51.6 Å².